The fourth-order valence-electron chi connectivity index (χ4n) is 2.39. The summed E-state index contributed by atoms with van der Waals surface area (Å²) in [4.78, 5) is 0. The summed E-state index contributed by atoms with van der Waals surface area (Å²) in [6.45, 7) is 2.18. The Morgan fingerprint density at radius 1 is 1.23 bits per heavy atom. The van der Waals surface area contributed by atoms with Crippen molar-refractivity contribution in [3.63, 3.8) is 0 Å². The van der Waals surface area contributed by atoms with Gasteiger partial charge >= 0.3 is 0 Å². The first-order valence-electron chi connectivity index (χ1n) is 5.40. The van der Waals surface area contributed by atoms with Crippen molar-refractivity contribution in [2.75, 3.05) is 0 Å². The summed E-state index contributed by atoms with van der Waals surface area (Å²) in [5, 5.41) is 0. The Hall–Kier alpha value is -0.780. The van der Waals surface area contributed by atoms with Gasteiger partial charge in [0.1, 0.15) is 0 Å². The first-order chi connectivity index (χ1) is 6.34. The fourth-order valence-corrected chi connectivity index (χ4v) is 2.39. The van der Waals surface area contributed by atoms with Crippen LogP contribution in [0.25, 0.3) is 0 Å². The van der Waals surface area contributed by atoms with E-state index in [1.165, 1.54) is 43.2 Å². The number of benzene rings is 1. The Morgan fingerprint density at radius 2 is 2.00 bits per heavy atom. The van der Waals surface area contributed by atoms with Crippen LogP contribution in [0.4, 0.5) is 0 Å². The lowest BCUT2D eigenvalue weighted by Crippen LogP contribution is -1.98. The van der Waals surface area contributed by atoms with Crippen molar-refractivity contribution < 1.29 is 0 Å². The Labute approximate surface area is 81.0 Å². The Balaban J connectivity index is 2.00. The first-order valence-corrected chi connectivity index (χ1v) is 5.40. The minimum atomic E-state index is 0.974. The molecule has 1 aliphatic carbocycles. The summed E-state index contributed by atoms with van der Waals surface area (Å²) in [6, 6.07) is 8.96. The van der Waals surface area contributed by atoms with Gasteiger partial charge in [0.15, 0.2) is 0 Å². The summed E-state index contributed by atoms with van der Waals surface area (Å²) >= 11 is 0. The van der Waals surface area contributed by atoms with E-state index in [1.807, 2.05) is 0 Å². The van der Waals surface area contributed by atoms with Crippen LogP contribution in [0.3, 0.4) is 0 Å². The van der Waals surface area contributed by atoms with Gasteiger partial charge in [0.05, 0.1) is 0 Å². The fraction of sp³-hybridized carbons (Fsp3) is 0.538. The molecule has 0 bridgehead atoms. The van der Waals surface area contributed by atoms with Gasteiger partial charge in [0, 0.05) is 0 Å². The minimum Gasteiger partial charge on any atom is -0.0617 e. The maximum absolute atomic E-state index is 2.33. The van der Waals surface area contributed by atoms with Crippen molar-refractivity contribution in [1.82, 2.24) is 0 Å². The smallest absolute Gasteiger partial charge is 0.0250 e. The molecule has 1 saturated carbocycles. The average Bonchev–Trinajstić information content (AvgIpc) is 2.57. The Morgan fingerprint density at radius 3 is 2.69 bits per heavy atom. The topological polar surface area (TPSA) is 0 Å². The van der Waals surface area contributed by atoms with Gasteiger partial charge in [-0.25, -0.2) is 0 Å². The highest BCUT2D eigenvalue weighted by Crippen LogP contribution is 2.27. The van der Waals surface area contributed by atoms with E-state index in [4.69, 9.17) is 0 Å². The van der Waals surface area contributed by atoms with Crippen molar-refractivity contribution in [2.45, 2.75) is 39.0 Å². The van der Waals surface area contributed by atoms with Gasteiger partial charge in [0.25, 0.3) is 0 Å². The van der Waals surface area contributed by atoms with Crippen LogP contribution in [-0.2, 0) is 6.42 Å². The predicted octanol–water partition coefficient (Wildman–Crippen LogP) is 3.73. The van der Waals surface area contributed by atoms with Crippen LogP contribution in [0.15, 0.2) is 24.3 Å². The zero-order valence-corrected chi connectivity index (χ0v) is 8.42. The van der Waals surface area contributed by atoms with Crippen molar-refractivity contribution >= 4 is 0 Å². The molecule has 0 nitrogen and oxygen atoms in total. The molecule has 0 heterocycles. The first kappa shape index (κ1) is 8.80. The lowest BCUT2D eigenvalue weighted by molar-refractivity contribution is 0.546. The molecule has 2 rings (SSSR count). The number of aryl methyl sites for hydroxylation is 1. The summed E-state index contributed by atoms with van der Waals surface area (Å²) < 4.78 is 0. The molecule has 0 amide bonds. The molecule has 1 aliphatic rings. The number of hydrogen-bond acceptors (Lipinski definition) is 0. The lowest BCUT2D eigenvalue weighted by Gasteiger charge is -2.08. The SMILES string of the molecule is Cc1cccc(CC2CCCC2)c1. The van der Waals surface area contributed by atoms with E-state index in [9.17, 15) is 0 Å². The highest BCUT2D eigenvalue weighted by Gasteiger charge is 2.14. The van der Waals surface area contributed by atoms with E-state index in [0.29, 0.717) is 0 Å². The molecule has 0 atom stereocenters. The van der Waals surface area contributed by atoms with Gasteiger partial charge in [-0.2, -0.15) is 0 Å². The monoisotopic (exact) mass is 174 g/mol. The zero-order valence-electron chi connectivity index (χ0n) is 8.42. The van der Waals surface area contributed by atoms with Crippen LogP contribution in [0, 0.1) is 12.8 Å². The molecule has 1 aromatic rings. The molecule has 0 radical (unpaired) electrons. The van der Waals surface area contributed by atoms with E-state index in [1.54, 1.807) is 0 Å². The van der Waals surface area contributed by atoms with Crippen LogP contribution < -0.4 is 0 Å². The molecule has 1 aromatic carbocycles. The minimum absolute atomic E-state index is 0.974. The molecule has 0 N–H and O–H groups in total. The lowest BCUT2D eigenvalue weighted by atomic mass is 9.97. The normalized spacial score (nSPS) is 17.9. The second-order valence-corrected chi connectivity index (χ2v) is 4.34. The maximum Gasteiger partial charge on any atom is -0.0250 e. The molecule has 0 aromatic heterocycles. The average molecular weight is 174 g/mol. The molecule has 13 heavy (non-hydrogen) atoms. The van der Waals surface area contributed by atoms with E-state index in [-0.39, 0.29) is 0 Å². The molecule has 70 valence electrons. The van der Waals surface area contributed by atoms with Crippen LogP contribution in [0.2, 0.25) is 0 Å². The number of rotatable bonds is 2. The van der Waals surface area contributed by atoms with Crippen LogP contribution >= 0.6 is 0 Å². The van der Waals surface area contributed by atoms with E-state index >= 15 is 0 Å². The Kier molecular flexibility index (Phi) is 2.68. The van der Waals surface area contributed by atoms with E-state index < -0.39 is 0 Å². The van der Waals surface area contributed by atoms with Crippen LogP contribution in [0.5, 0.6) is 0 Å². The van der Waals surface area contributed by atoms with Gasteiger partial charge in [-0.1, -0.05) is 55.5 Å². The highest BCUT2D eigenvalue weighted by atomic mass is 14.2. The van der Waals surface area contributed by atoms with Gasteiger partial charge in [0.2, 0.25) is 0 Å². The molecule has 1 fully saturated rings. The largest absolute Gasteiger partial charge is 0.0617 e. The third-order valence-corrected chi connectivity index (χ3v) is 3.08. The molecule has 0 heteroatoms. The molecule has 0 spiro atoms. The number of hydrogen-bond donors (Lipinski definition) is 0. The third kappa shape index (κ3) is 2.33. The quantitative estimate of drug-likeness (QED) is 0.641. The van der Waals surface area contributed by atoms with Gasteiger partial charge in [-0.15, -0.1) is 0 Å². The zero-order chi connectivity index (χ0) is 9.10. The molecule has 0 unspecified atom stereocenters. The summed E-state index contributed by atoms with van der Waals surface area (Å²) in [6.07, 6.45) is 7.12. The second kappa shape index (κ2) is 3.95. The van der Waals surface area contributed by atoms with E-state index in [2.05, 4.69) is 31.2 Å². The van der Waals surface area contributed by atoms with Crippen molar-refractivity contribution in [1.29, 1.82) is 0 Å². The van der Waals surface area contributed by atoms with Crippen LogP contribution in [0.1, 0.15) is 36.8 Å². The molecule has 0 aliphatic heterocycles. The predicted molar refractivity (Wildman–Crippen MR) is 56.8 cm³/mol. The summed E-state index contributed by atoms with van der Waals surface area (Å²) in [5.74, 6) is 0.974. The van der Waals surface area contributed by atoms with Gasteiger partial charge < -0.3 is 0 Å². The van der Waals surface area contributed by atoms with E-state index in [0.717, 1.165) is 5.92 Å². The Bertz CT molecular complexity index is 269. The van der Waals surface area contributed by atoms with Gasteiger partial charge in [-0.3, -0.25) is 0 Å². The van der Waals surface area contributed by atoms with Gasteiger partial charge in [-0.05, 0) is 24.8 Å². The summed E-state index contributed by atoms with van der Waals surface area (Å²) in [7, 11) is 0. The second-order valence-electron chi connectivity index (χ2n) is 4.34. The van der Waals surface area contributed by atoms with Crippen molar-refractivity contribution in [3.05, 3.63) is 35.4 Å². The molecular formula is C13H18. The molecular weight excluding hydrogens is 156 g/mol. The third-order valence-electron chi connectivity index (χ3n) is 3.08. The maximum atomic E-state index is 2.33. The highest BCUT2D eigenvalue weighted by molar-refractivity contribution is 5.22. The van der Waals surface area contributed by atoms with Crippen molar-refractivity contribution in [2.24, 2.45) is 5.92 Å². The summed E-state index contributed by atoms with van der Waals surface area (Å²) in [5.41, 5.74) is 2.93. The standard InChI is InChI=1S/C13H18/c1-11-5-4-8-13(9-11)10-12-6-2-3-7-12/h4-5,8-9,12H,2-3,6-7,10H2,1H3. The van der Waals surface area contributed by atoms with Crippen LogP contribution in [-0.4, -0.2) is 0 Å². The molecule has 0 saturated heterocycles. The van der Waals surface area contributed by atoms with Crippen molar-refractivity contribution in [3.8, 4) is 0 Å².